The van der Waals surface area contributed by atoms with Crippen LogP contribution in [0.3, 0.4) is 0 Å². The highest BCUT2D eigenvalue weighted by Gasteiger charge is 2.07. The van der Waals surface area contributed by atoms with Gasteiger partial charge in [-0.2, -0.15) is 0 Å². The lowest BCUT2D eigenvalue weighted by Gasteiger charge is -2.12. The zero-order valence-electron chi connectivity index (χ0n) is 11.6. The van der Waals surface area contributed by atoms with Crippen LogP contribution < -0.4 is 5.32 Å². The normalized spacial score (nSPS) is 14.5. The van der Waals surface area contributed by atoms with E-state index in [0.717, 1.165) is 24.3 Å². The van der Waals surface area contributed by atoms with E-state index in [9.17, 15) is 4.21 Å². The molecule has 0 amide bonds. The smallest absolute Gasteiger partial charge is 0.0708 e. The Kier molecular flexibility index (Phi) is 4.66. The molecule has 0 saturated carbocycles. The topological polar surface area (TPSA) is 42.0 Å². The average Bonchev–Trinajstić information content (AvgIpc) is 2.38. The van der Waals surface area contributed by atoms with Gasteiger partial charge in [0, 0.05) is 46.5 Å². The van der Waals surface area contributed by atoms with E-state index in [0.29, 0.717) is 0 Å². The highest BCUT2D eigenvalue weighted by Crippen LogP contribution is 2.17. The maximum absolute atomic E-state index is 11.3. The van der Waals surface area contributed by atoms with Gasteiger partial charge in [-0.25, -0.2) is 0 Å². The number of hydrogen-bond donors (Lipinski definition) is 1. The van der Waals surface area contributed by atoms with Crippen LogP contribution in [-0.4, -0.2) is 27.2 Å². The van der Waals surface area contributed by atoms with E-state index >= 15 is 0 Å². The molecule has 102 valence electrons. The number of nitrogens with one attached hydrogen (secondary N) is 1. The Bertz CT molecular complexity index is 598. The van der Waals surface area contributed by atoms with Gasteiger partial charge in [-0.15, -0.1) is 0 Å². The second-order valence-electron chi connectivity index (χ2n) is 4.88. The zero-order chi connectivity index (χ0) is 13.8. The van der Waals surface area contributed by atoms with Crippen molar-refractivity contribution in [2.75, 3.05) is 12.8 Å². The number of hydrogen-bond acceptors (Lipinski definition) is 3. The lowest BCUT2D eigenvalue weighted by atomic mass is 10.1. The van der Waals surface area contributed by atoms with Gasteiger partial charge in [0.05, 0.1) is 5.52 Å². The summed E-state index contributed by atoms with van der Waals surface area (Å²) in [4.78, 5) is 4.53. The van der Waals surface area contributed by atoms with Crippen LogP contribution in [0.1, 0.15) is 18.2 Å². The van der Waals surface area contributed by atoms with Gasteiger partial charge in [0.15, 0.2) is 0 Å². The number of benzene rings is 1. The van der Waals surface area contributed by atoms with Crippen LogP contribution in [0.15, 0.2) is 30.3 Å². The summed E-state index contributed by atoms with van der Waals surface area (Å²) in [6, 6.07) is 10.3. The molecule has 0 radical (unpaired) electrons. The number of nitrogens with zero attached hydrogens (tertiary/aromatic N) is 1. The summed E-state index contributed by atoms with van der Waals surface area (Å²) in [6.45, 7) is 5.56. The van der Waals surface area contributed by atoms with Crippen molar-refractivity contribution in [1.82, 2.24) is 10.3 Å². The van der Waals surface area contributed by atoms with E-state index in [1.807, 2.05) is 32.0 Å². The first-order valence-corrected chi connectivity index (χ1v) is 8.08. The highest BCUT2D eigenvalue weighted by molar-refractivity contribution is 7.84. The zero-order valence-corrected chi connectivity index (χ0v) is 12.5. The number of rotatable bonds is 5. The Morgan fingerprint density at radius 3 is 2.84 bits per heavy atom. The fourth-order valence-electron chi connectivity index (χ4n) is 2.07. The van der Waals surface area contributed by atoms with Crippen molar-refractivity contribution in [3.05, 3.63) is 41.6 Å². The predicted molar refractivity (Wildman–Crippen MR) is 81.7 cm³/mol. The average molecular weight is 276 g/mol. The third-order valence-corrected chi connectivity index (χ3v) is 4.54. The minimum absolute atomic E-state index is 0.175. The van der Waals surface area contributed by atoms with E-state index in [4.69, 9.17) is 0 Å². The number of pyridine rings is 1. The molecule has 4 heteroatoms. The monoisotopic (exact) mass is 276 g/mol. The molecule has 2 atom stereocenters. The Labute approximate surface area is 116 Å². The van der Waals surface area contributed by atoms with Crippen LogP contribution in [0.25, 0.3) is 10.9 Å². The molecule has 2 rings (SSSR count). The van der Waals surface area contributed by atoms with Crippen molar-refractivity contribution < 1.29 is 4.21 Å². The molecule has 0 fully saturated rings. The molecule has 0 aliphatic carbocycles. The van der Waals surface area contributed by atoms with Crippen molar-refractivity contribution in [1.29, 1.82) is 0 Å². The van der Waals surface area contributed by atoms with Gasteiger partial charge in [0.25, 0.3) is 0 Å². The molecule has 19 heavy (non-hydrogen) atoms. The maximum Gasteiger partial charge on any atom is 0.0708 e. The second-order valence-corrected chi connectivity index (χ2v) is 6.68. The minimum Gasteiger partial charge on any atom is -0.311 e. The maximum atomic E-state index is 11.3. The Balaban J connectivity index is 2.14. The third kappa shape index (κ3) is 3.61. The third-order valence-electron chi connectivity index (χ3n) is 3.24. The highest BCUT2D eigenvalue weighted by atomic mass is 32.2. The van der Waals surface area contributed by atoms with Crippen molar-refractivity contribution in [2.45, 2.75) is 25.6 Å². The Morgan fingerprint density at radius 1 is 1.37 bits per heavy atom. The number of para-hydroxylation sites is 1. The van der Waals surface area contributed by atoms with Gasteiger partial charge in [-0.1, -0.05) is 18.2 Å². The molecule has 1 N–H and O–H groups in total. The lowest BCUT2D eigenvalue weighted by molar-refractivity contribution is 0.648. The number of aryl methyl sites for hydroxylation is 1. The van der Waals surface area contributed by atoms with Crippen molar-refractivity contribution >= 4 is 21.7 Å². The van der Waals surface area contributed by atoms with E-state index in [-0.39, 0.29) is 5.25 Å². The molecular weight excluding hydrogens is 256 g/mol. The molecule has 0 aliphatic heterocycles. The summed E-state index contributed by atoms with van der Waals surface area (Å²) < 4.78 is 11.3. The number of fused-ring (bicyclic) bond motifs is 1. The Morgan fingerprint density at radius 2 is 2.11 bits per heavy atom. The minimum atomic E-state index is -0.775. The van der Waals surface area contributed by atoms with Gasteiger partial charge in [0.1, 0.15) is 0 Å². The summed E-state index contributed by atoms with van der Waals surface area (Å²) in [6.07, 6.45) is 1.75. The van der Waals surface area contributed by atoms with Crippen molar-refractivity contribution in [3.63, 3.8) is 0 Å². The Hall–Kier alpha value is -1.26. The predicted octanol–water partition coefficient (Wildman–Crippen LogP) is 2.40. The number of aromatic nitrogens is 1. The standard InChI is InChI=1S/C15H20N2OS/c1-11-8-13(10-16-9-12(2)19(3)18)14-6-4-5-7-15(14)17-11/h4-8,12,16H,9-10H2,1-3H3. The van der Waals surface area contributed by atoms with Gasteiger partial charge in [0.2, 0.25) is 0 Å². The van der Waals surface area contributed by atoms with Crippen LogP contribution in [0.4, 0.5) is 0 Å². The van der Waals surface area contributed by atoms with Crippen molar-refractivity contribution in [3.8, 4) is 0 Å². The van der Waals surface area contributed by atoms with Crippen LogP contribution in [-0.2, 0) is 17.3 Å². The van der Waals surface area contributed by atoms with E-state index < -0.39 is 10.8 Å². The molecule has 0 aliphatic rings. The molecule has 0 spiro atoms. The van der Waals surface area contributed by atoms with Crippen LogP contribution in [0.2, 0.25) is 0 Å². The molecule has 0 saturated heterocycles. The molecule has 1 aromatic carbocycles. The molecular formula is C15H20N2OS. The summed E-state index contributed by atoms with van der Waals surface area (Å²) in [5.74, 6) is 0. The quantitative estimate of drug-likeness (QED) is 0.912. The van der Waals surface area contributed by atoms with Gasteiger partial charge < -0.3 is 5.32 Å². The fraction of sp³-hybridized carbons (Fsp3) is 0.400. The first-order chi connectivity index (χ1) is 9.08. The molecule has 1 heterocycles. The molecule has 2 aromatic rings. The summed E-state index contributed by atoms with van der Waals surface area (Å²) in [5.41, 5.74) is 3.31. The second kappa shape index (κ2) is 6.26. The van der Waals surface area contributed by atoms with Crippen LogP contribution in [0, 0.1) is 6.92 Å². The largest absolute Gasteiger partial charge is 0.311 e. The van der Waals surface area contributed by atoms with Crippen molar-refractivity contribution in [2.24, 2.45) is 0 Å². The van der Waals surface area contributed by atoms with E-state index in [1.165, 1.54) is 10.9 Å². The molecule has 2 unspecified atom stereocenters. The van der Waals surface area contributed by atoms with Crippen LogP contribution in [0.5, 0.6) is 0 Å². The van der Waals surface area contributed by atoms with Crippen LogP contribution >= 0.6 is 0 Å². The van der Waals surface area contributed by atoms with E-state index in [2.05, 4.69) is 22.4 Å². The first kappa shape index (κ1) is 14.2. The SMILES string of the molecule is Cc1cc(CNCC(C)S(C)=O)c2ccccc2n1. The molecule has 1 aromatic heterocycles. The lowest BCUT2D eigenvalue weighted by Crippen LogP contribution is -2.27. The van der Waals surface area contributed by atoms with Gasteiger partial charge in [-0.3, -0.25) is 9.19 Å². The van der Waals surface area contributed by atoms with E-state index in [1.54, 1.807) is 6.26 Å². The molecule has 0 bridgehead atoms. The van der Waals surface area contributed by atoms with Gasteiger partial charge in [-0.05, 0) is 31.5 Å². The summed E-state index contributed by atoms with van der Waals surface area (Å²) in [7, 11) is -0.775. The summed E-state index contributed by atoms with van der Waals surface area (Å²) in [5, 5.41) is 4.74. The first-order valence-electron chi connectivity index (χ1n) is 6.46. The fourth-order valence-corrected chi connectivity index (χ4v) is 2.42. The van der Waals surface area contributed by atoms with Gasteiger partial charge >= 0.3 is 0 Å². The summed E-state index contributed by atoms with van der Waals surface area (Å²) >= 11 is 0. The molecule has 3 nitrogen and oxygen atoms in total.